The second-order valence-corrected chi connectivity index (χ2v) is 6.64. The average Bonchev–Trinajstić information content (AvgIpc) is 2.56. The summed E-state index contributed by atoms with van der Waals surface area (Å²) in [6, 6.07) is 17.7. The SMILES string of the molecule is NCc1ccc2c(c1)[C@@H](Cc1ccccc1)[C@@H](N1CCC1)CO2. The molecule has 0 aliphatic carbocycles. The summed E-state index contributed by atoms with van der Waals surface area (Å²) in [5, 5.41) is 0. The van der Waals surface area contributed by atoms with E-state index in [2.05, 4.69) is 53.4 Å². The largest absolute Gasteiger partial charge is 0.492 e. The monoisotopic (exact) mass is 308 g/mol. The summed E-state index contributed by atoms with van der Waals surface area (Å²) in [6.07, 6.45) is 2.37. The zero-order valence-electron chi connectivity index (χ0n) is 13.4. The van der Waals surface area contributed by atoms with Gasteiger partial charge in [0.25, 0.3) is 0 Å². The number of benzene rings is 2. The molecule has 2 aromatic carbocycles. The minimum atomic E-state index is 0.476. The third-order valence-electron chi connectivity index (χ3n) is 5.24. The van der Waals surface area contributed by atoms with Crippen molar-refractivity contribution in [3.8, 4) is 5.75 Å². The van der Waals surface area contributed by atoms with Gasteiger partial charge in [-0.15, -0.1) is 0 Å². The van der Waals surface area contributed by atoms with Crippen LogP contribution in [0.2, 0.25) is 0 Å². The van der Waals surface area contributed by atoms with E-state index in [0.717, 1.165) is 18.8 Å². The van der Waals surface area contributed by atoms with Crippen LogP contribution in [0.1, 0.15) is 29.0 Å². The fraction of sp³-hybridized carbons (Fsp3) is 0.400. The topological polar surface area (TPSA) is 38.5 Å². The molecule has 2 aliphatic heterocycles. The molecule has 0 saturated carbocycles. The lowest BCUT2D eigenvalue weighted by Gasteiger charge is -2.45. The molecule has 3 heteroatoms. The highest BCUT2D eigenvalue weighted by Crippen LogP contribution is 2.39. The zero-order valence-corrected chi connectivity index (χ0v) is 13.4. The summed E-state index contributed by atoms with van der Waals surface area (Å²) < 4.78 is 6.08. The van der Waals surface area contributed by atoms with E-state index in [-0.39, 0.29) is 0 Å². The molecular weight excluding hydrogens is 284 g/mol. The van der Waals surface area contributed by atoms with Gasteiger partial charge in [0.05, 0.1) is 6.04 Å². The Bertz CT molecular complexity index is 667. The average molecular weight is 308 g/mol. The molecule has 1 fully saturated rings. The van der Waals surface area contributed by atoms with Gasteiger partial charge in [0, 0.05) is 12.5 Å². The molecule has 3 nitrogen and oxygen atoms in total. The lowest BCUT2D eigenvalue weighted by molar-refractivity contribution is 0.0501. The number of hydrogen-bond acceptors (Lipinski definition) is 3. The molecule has 1 saturated heterocycles. The minimum absolute atomic E-state index is 0.476. The van der Waals surface area contributed by atoms with Crippen molar-refractivity contribution in [2.75, 3.05) is 19.7 Å². The van der Waals surface area contributed by atoms with Crippen LogP contribution in [0.25, 0.3) is 0 Å². The van der Waals surface area contributed by atoms with Gasteiger partial charge >= 0.3 is 0 Å². The lowest BCUT2D eigenvalue weighted by atomic mass is 9.81. The predicted octanol–water partition coefficient (Wildman–Crippen LogP) is 2.94. The van der Waals surface area contributed by atoms with Gasteiger partial charge in [0.2, 0.25) is 0 Å². The van der Waals surface area contributed by atoms with Crippen LogP contribution in [0, 0.1) is 0 Å². The Morgan fingerprint density at radius 1 is 1.04 bits per heavy atom. The molecule has 2 heterocycles. The second-order valence-electron chi connectivity index (χ2n) is 6.64. The molecule has 4 rings (SSSR count). The number of ether oxygens (including phenoxy) is 1. The van der Waals surface area contributed by atoms with E-state index in [9.17, 15) is 0 Å². The maximum atomic E-state index is 6.08. The van der Waals surface area contributed by atoms with E-state index in [1.165, 1.54) is 36.2 Å². The number of rotatable bonds is 4. The summed E-state index contributed by atoms with van der Waals surface area (Å²) in [5.41, 5.74) is 9.78. The van der Waals surface area contributed by atoms with Crippen molar-refractivity contribution in [3.63, 3.8) is 0 Å². The van der Waals surface area contributed by atoms with Crippen LogP contribution < -0.4 is 10.5 Å². The fourth-order valence-electron chi connectivity index (χ4n) is 3.79. The third kappa shape index (κ3) is 2.87. The molecule has 0 unspecified atom stereocenters. The van der Waals surface area contributed by atoms with Crippen molar-refractivity contribution in [2.24, 2.45) is 5.73 Å². The first-order valence-corrected chi connectivity index (χ1v) is 8.59. The summed E-state index contributed by atoms with van der Waals surface area (Å²) in [7, 11) is 0. The zero-order chi connectivity index (χ0) is 15.6. The molecule has 0 aromatic heterocycles. The van der Waals surface area contributed by atoms with Gasteiger partial charge in [-0.3, -0.25) is 4.90 Å². The molecule has 0 radical (unpaired) electrons. The summed E-state index contributed by atoms with van der Waals surface area (Å²) in [5.74, 6) is 1.52. The van der Waals surface area contributed by atoms with E-state index in [1.54, 1.807) is 0 Å². The van der Waals surface area contributed by atoms with Gasteiger partial charge < -0.3 is 10.5 Å². The molecule has 23 heavy (non-hydrogen) atoms. The Hall–Kier alpha value is -1.84. The van der Waals surface area contributed by atoms with Crippen molar-refractivity contribution < 1.29 is 4.74 Å². The first-order valence-electron chi connectivity index (χ1n) is 8.59. The molecule has 120 valence electrons. The van der Waals surface area contributed by atoms with Crippen LogP contribution in [-0.2, 0) is 13.0 Å². The van der Waals surface area contributed by atoms with E-state index in [4.69, 9.17) is 10.5 Å². The van der Waals surface area contributed by atoms with Crippen molar-refractivity contribution >= 4 is 0 Å². The predicted molar refractivity (Wildman–Crippen MR) is 92.7 cm³/mol. The van der Waals surface area contributed by atoms with Crippen molar-refractivity contribution in [1.29, 1.82) is 0 Å². The first-order chi connectivity index (χ1) is 11.3. The van der Waals surface area contributed by atoms with Gasteiger partial charge in [-0.1, -0.05) is 42.5 Å². The van der Waals surface area contributed by atoms with E-state index < -0.39 is 0 Å². The van der Waals surface area contributed by atoms with Crippen LogP contribution in [0.3, 0.4) is 0 Å². The molecule has 0 spiro atoms. The molecule has 2 aromatic rings. The van der Waals surface area contributed by atoms with Crippen molar-refractivity contribution in [2.45, 2.75) is 31.3 Å². The highest BCUT2D eigenvalue weighted by atomic mass is 16.5. The quantitative estimate of drug-likeness (QED) is 0.944. The maximum absolute atomic E-state index is 6.08. The van der Waals surface area contributed by atoms with E-state index in [0.29, 0.717) is 18.5 Å². The van der Waals surface area contributed by atoms with Gasteiger partial charge in [0.1, 0.15) is 12.4 Å². The molecular formula is C20H24N2O. The maximum Gasteiger partial charge on any atom is 0.122 e. The second kappa shape index (κ2) is 6.34. The highest BCUT2D eigenvalue weighted by Gasteiger charge is 2.37. The summed E-state index contributed by atoms with van der Waals surface area (Å²) >= 11 is 0. The molecule has 2 aliphatic rings. The van der Waals surface area contributed by atoms with Gasteiger partial charge in [-0.05, 0) is 48.7 Å². The number of hydrogen-bond donors (Lipinski definition) is 1. The van der Waals surface area contributed by atoms with Gasteiger partial charge in [-0.25, -0.2) is 0 Å². The Morgan fingerprint density at radius 2 is 1.87 bits per heavy atom. The van der Waals surface area contributed by atoms with Gasteiger partial charge in [0.15, 0.2) is 0 Å². The van der Waals surface area contributed by atoms with Crippen LogP contribution >= 0.6 is 0 Å². The number of likely N-dealkylation sites (tertiary alicyclic amines) is 1. The van der Waals surface area contributed by atoms with Crippen LogP contribution in [0.5, 0.6) is 5.75 Å². The van der Waals surface area contributed by atoms with Crippen molar-refractivity contribution in [3.05, 3.63) is 65.2 Å². The normalized spacial score (nSPS) is 23.7. The molecule has 0 amide bonds. The summed E-state index contributed by atoms with van der Waals surface area (Å²) in [6.45, 7) is 3.78. The fourth-order valence-corrected chi connectivity index (χ4v) is 3.79. The summed E-state index contributed by atoms with van der Waals surface area (Å²) in [4.78, 5) is 2.58. The number of nitrogens with zero attached hydrogens (tertiary/aromatic N) is 1. The highest BCUT2D eigenvalue weighted by molar-refractivity contribution is 5.43. The molecule has 0 bridgehead atoms. The Labute approximate surface area is 138 Å². The van der Waals surface area contributed by atoms with E-state index in [1.807, 2.05) is 0 Å². The Morgan fingerprint density at radius 3 is 2.57 bits per heavy atom. The standard InChI is InChI=1S/C20H24N2O/c21-13-16-7-8-20-18(12-16)17(11-15-5-2-1-3-6-15)19(14-23-20)22-9-4-10-22/h1-3,5-8,12,17,19H,4,9-11,13-14,21H2/t17-,19+/m1/s1. The Balaban J connectivity index is 1.70. The van der Waals surface area contributed by atoms with Crippen molar-refractivity contribution in [1.82, 2.24) is 4.90 Å². The van der Waals surface area contributed by atoms with Gasteiger partial charge in [-0.2, -0.15) is 0 Å². The number of fused-ring (bicyclic) bond motifs is 1. The molecule has 2 atom stereocenters. The smallest absolute Gasteiger partial charge is 0.122 e. The lowest BCUT2D eigenvalue weighted by Crippen LogP contribution is -2.52. The third-order valence-corrected chi connectivity index (χ3v) is 5.24. The van der Waals surface area contributed by atoms with Crippen LogP contribution in [0.15, 0.2) is 48.5 Å². The minimum Gasteiger partial charge on any atom is -0.492 e. The Kier molecular flexibility index (Phi) is 4.06. The molecule has 2 N–H and O–H groups in total. The van der Waals surface area contributed by atoms with Crippen LogP contribution in [-0.4, -0.2) is 30.6 Å². The van der Waals surface area contributed by atoms with Crippen LogP contribution in [0.4, 0.5) is 0 Å². The number of nitrogens with two attached hydrogens (primary N) is 1. The first kappa shape index (κ1) is 14.7. The van der Waals surface area contributed by atoms with E-state index >= 15 is 0 Å².